The molecular formula is C22H38N4O. The zero-order valence-corrected chi connectivity index (χ0v) is 16.9. The van der Waals surface area contributed by atoms with Crippen molar-refractivity contribution in [3.63, 3.8) is 0 Å². The van der Waals surface area contributed by atoms with E-state index in [9.17, 15) is 5.11 Å². The summed E-state index contributed by atoms with van der Waals surface area (Å²) < 4.78 is 0. The molecule has 0 bridgehead atoms. The lowest BCUT2D eigenvalue weighted by Crippen LogP contribution is -2.34. The van der Waals surface area contributed by atoms with Gasteiger partial charge in [-0.15, -0.1) is 0 Å². The lowest BCUT2D eigenvalue weighted by atomic mass is 9.85. The summed E-state index contributed by atoms with van der Waals surface area (Å²) in [5, 5.41) is 17.7. The molecule has 27 heavy (non-hydrogen) atoms. The predicted molar refractivity (Wildman–Crippen MR) is 109 cm³/mol. The van der Waals surface area contributed by atoms with Crippen molar-refractivity contribution in [2.75, 3.05) is 39.3 Å². The van der Waals surface area contributed by atoms with Gasteiger partial charge in [-0.3, -0.25) is 10.00 Å². The number of nitrogens with zero attached hydrogens (tertiary/aromatic N) is 3. The Morgan fingerprint density at radius 1 is 0.926 bits per heavy atom. The van der Waals surface area contributed by atoms with Crippen LogP contribution < -0.4 is 0 Å². The van der Waals surface area contributed by atoms with Gasteiger partial charge in [0.2, 0.25) is 0 Å². The number of hydrogen-bond acceptors (Lipinski definition) is 4. The van der Waals surface area contributed by atoms with Crippen molar-refractivity contribution >= 4 is 0 Å². The highest BCUT2D eigenvalue weighted by Gasteiger charge is 2.34. The van der Waals surface area contributed by atoms with Gasteiger partial charge >= 0.3 is 0 Å². The maximum Gasteiger partial charge on any atom is 0.0535 e. The summed E-state index contributed by atoms with van der Waals surface area (Å²) >= 11 is 0. The molecule has 3 heterocycles. The Morgan fingerprint density at radius 2 is 1.63 bits per heavy atom. The van der Waals surface area contributed by atoms with Crippen LogP contribution in [0.15, 0.2) is 6.20 Å². The molecule has 2 N–H and O–H groups in total. The molecule has 3 aliphatic rings. The van der Waals surface area contributed by atoms with Crippen LogP contribution >= 0.6 is 0 Å². The second kappa shape index (κ2) is 9.53. The first-order valence-electron chi connectivity index (χ1n) is 11.4. The summed E-state index contributed by atoms with van der Waals surface area (Å²) in [4.78, 5) is 5.23. The monoisotopic (exact) mass is 374 g/mol. The largest absolute Gasteiger partial charge is 0.396 e. The SMILES string of the molecule is OC[C@H]1CN(Cc2cn[nH]c2C2CCCCC2)C[C@H]1CN1CCCCCC1. The molecule has 0 aromatic carbocycles. The van der Waals surface area contributed by atoms with Crippen LogP contribution in [-0.2, 0) is 6.54 Å². The number of aromatic nitrogens is 2. The van der Waals surface area contributed by atoms with Gasteiger partial charge < -0.3 is 10.0 Å². The minimum atomic E-state index is 0.329. The van der Waals surface area contributed by atoms with Gasteiger partial charge in [0.25, 0.3) is 0 Å². The molecule has 1 saturated carbocycles. The lowest BCUT2D eigenvalue weighted by molar-refractivity contribution is 0.165. The Bertz CT molecular complexity index is 560. The fourth-order valence-electron chi connectivity index (χ4n) is 5.66. The Hall–Kier alpha value is -0.910. The van der Waals surface area contributed by atoms with Crippen molar-refractivity contribution in [1.29, 1.82) is 0 Å². The van der Waals surface area contributed by atoms with E-state index >= 15 is 0 Å². The molecule has 5 heteroatoms. The van der Waals surface area contributed by atoms with Gasteiger partial charge in [0.1, 0.15) is 0 Å². The Morgan fingerprint density at radius 3 is 2.37 bits per heavy atom. The Labute approximate surface area is 164 Å². The topological polar surface area (TPSA) is 55.4 Å². The molecule has 2 aliphatic heterocycles. The van der Waals surface area contributed by atoms with Crippen LogP contribution in [0.25, 0.3) is 0 Å². The first kappa shape index (κ1) is 19.4. The average Bonchev–Trinajstić information content (AvgIpc) is 3.22. The number of aromatic amines is 1. The van der Waals surface area contributed by atoms with E-state index in [1.165, 1.54) is 88.7 Å². The fraction of sp³-hybridized carbons (Fsp3) is 0.864. The summed E-state index contributed by atoms with van der Waals surface area (Å²) in [6, 6.07) is 0. The normalized spacial score (nSPS) is 29.2. The lowest BCUT2D eigenvalue weighted by Gasteiger charge is -2.26. The number of aliphatic hydroxyl groups is 1. The molecule has 4 rings (SSSR count). The van der Waals surface area contributed by atoms with Crippen molar-refractivity contribution in [2.45, 2.75) is 70.3 Å². The van der Waals surface area contributed by atoms with E-state index in [-0.39, 0.29) is 0 Å². The van der Waals surface area contributed by atoms with Crippen molar-refractivity contribution in [3.8, 4) is 0 Å². The van der Waals surface area contributed by atoms with Gasteiger partial charge in [0.05, 0.1) is 6.20 Å². The van der Waals surface area contributed by atoms with Gasteiger partial charge in [-0.05, 0) is 50.6 Å². The molecule has 152 valence electrons. The van der Waals surface area contributed by atoms with Crippen LogP contribution in [0.5, 0.6) is 0 Å². The zero-order chi connectivity index (χ0) is 18.5. The second-order valence-electron chi connectivity index (χ2n) is 9.26. The zero-order valence-electron chi connectivity index (χ0n) is 16.9. The standard InChI is InChI=1S/C22H38N4O/c27-17-21-16-26(15-20(21)14-25-10-6-1-2-7-11-25)13-19-12-23-24-22(19)18-8-4-3-5-9-18/h12,18,20-21,27H,1-11,13-17H2,(H,23,24)/t20-,21-/m1/s1. The van der Waals surface area contributed by atoms with Crippen LogP contribution in [0.3, 0.4) is 0 Å². The van der Waals surface area contributed by atoms with E-state index in [2.05, 4.69) is 26.2 Å². The van der Waals surface area contributed by atoms with Crippen LogP contribution in [0, 0.1) is 11.8 Å². The first-order chi connectivity index (χ1) is 13.3. The molecule has 5 nitrogen and oxygen atoms in total. The molecule has 2 atom stereocenters. The van der Waals surface area contributed by atoms with E-state index in [4.69, 9.17) is 0 Å². The summed E-state index contributed by atoms with van der Waals surface area (Å²) in [6.07, 6.45) is 14.3. The minimum absolute atomic E-state index is 0.329. The summed E-state index contributed by atoms with van der Waals surface area (Å²) in [5.41, 5.74) is 2.79. The first-order valence-corrected chi connectivity index (χ1v) is 11.4. The number of likely N-dealkylation sites (tertiary alicyclic amines) is 2. The highest BCUT2D eigenvalue weighted by molar-refractivity contribution is 5.21. The van der Waals surface area contributed by atoms with Crippen molar-refractivity contribution in [2.24, 2.45) is 11.8 Å². The van der Waals surface area contributed by atoms with Crippen LogP contribution in [0.1, 0.15) is 75.0 Å². The molecule has 1 aliphatic carbocycles. The average molecular weight is 375 g/mol. The molecule has 0 unspecified atom stereocenters. The third-order valence-corrected chi connectivity index (χ3v) is 7.24. The van der Waals surface area contributed by atoms with E-state index in [1.54, 1.807) is 0 Å². The van der Waals surface area contributed by atoms with Crippen LogP contribution in [-0.4, -0.2) is 64.4 Å². The van der Waals surface area contributed by atoms with Gasteiger partial charge in [0, 0.05) is 50.0 Å². The Kier molecular flexibility index (Phi) is 6.85. The smallest absolute Gasteiger partial charge is 0.0535 e. The fourth-order valence-corrected chi connectivity index (χ4v) is 5.66. The predicted octanol–water partition coefficient (Wildman–Crippen LogP) is 3.37. The third-order valence-electron chi connectivity index (χ3n) is 7.24. The highest BCUT2D eigenvalue weighted by Crippen LogP contribution is 2.34. The molecule has 0 radical (unpaired) electrons. The second-order valence-corrected chi connectivity index (χ2v) is 9.26. The van der Waals surface area contributed by atoms with E-state index in [0.29, 0.717) is 24.4 Å². The highest BCUT2D eigenvalue weighted by atomic mass is 16.3. The number of nitrogens with one attached hydrogen (secondary N) is 1. The number of rotatable bonds is 6. The minimum Gasteiger partial charge on any atom is -0.396 e. The molecule has 1 aromatic rings. The maximum absolute atomic E-state index is 9.96. The molecule has 0 spiro atoms. The molecule has 1 aromatic heterocycles. The number of aliphatic hydroxyl groups excluding tert-OH is 1. The van der Waals surface area contributed by atoms with E-state index in [1.807, 2.05) is 0 Å². The van der Waals surface area contributed by atoms with Gasteiger partial charge in [-0.25, -0.2) is 0 Å². The van der Waals surface area contributed by atoms with Crippen molar-refractivity contribution in [1.82, 2.24) is 20.0 Å². The third kappa shape index (κ3) is 4.93. The van der Waals surface area contributed by atoms with Gasteiger partial charge in [-0.1, -0.05) is 32.1 Å². The van der Waals surface area contributed by atoms with E-state index in [0.717, 1.165) is 19.6 Å². The molecule has 0 amide bonds. The van der Waals surface area contributed by atoms with E-state index < -0.39 is 0 Å². The van der Waals surface area contributed by atoms with Crippen molar-refractivity contribution in [3.05, 3.63) is 17.5 Å². The molecule has 2 saturated heterocycles. The molecular weight excluding hydrogens is 336 g/mol. The Balaban J connectivity index is 1.35. The quantitative estimate of drug-likeness (QED) is 0.801. The van der Waals surface area contributed by atoms with Crippen molar-refractivity contribution < 1.29 is 5.11 Å². The summed E-state index contributed by atoms with van der Waals surface area (Å²) in [6.45, 7) is 7.15. The number of H-pyrrole nitrogens is 1. The van der Waals surface area contributed by atoms with Crippen LogP contribution in [0.4, 0.5) is 0 Å². The number of hydrogen-bond donors (Lipinski definition) is 2. The summed E-state index contributed by atoms with van der Waals surface area (Å²) in [7, 11) is 0. The molecule has 3 fully saturated rings. The summed E-state index contributed by atoms with van der Waals surface area (Å²) in [5.74, 6) is 1.72. The van der Waals surface area contributed by atoms with Gasteiger partial charge in [-0.2, -0.15) is 5.10 Å². The maximum atomic E-state index is 9.96. The van der Waals surface area contributed by atoms with Gasteiger partial charge in [0.15, 0.2) is 0 Å². The van der Waals surface area contributed by atoms with Crippen LogP contribution in [0.2, 0.25) is 0 Å².